The topological polar surface area (TPSA) is 88.6 Å². The van der Waals surface area contributed by atoms with E-state index in [1.807, 2.05) is 17.5 Å². The third-order valence-corrected chi connectivity index (χ3v) is 4.31. The van der Waals surface area contributed by atoms with Gasteiger partial charge in [0.15, 0.2) is 0 Å². The van der Waals surface area contributed by atoms with Crippen LogP contribution in [0.25, 0.3) is 0 Å². The molecule has 0 fully saturated rings. The summed E-state index contributed by atoms with van der Waals surface area (Å²) in [5, 5.41) is 15.5. The zero-order valence-electron chi connectivity index (χ0n) is 13.1. The van der Waals surface area contributed by atoms with E-state index in [-0.39, 0.29) is 11.7 Å². The molecule has 8 heteroatoms. The summed E-state index contributed by atoms with van der Waals surface area (Å²) in [6, 6.07) is 12.9. The van der Waals surface area contributed by atoms with Crippen molar-refractivity contribution in [1.29, 1.82) is 0 Å². The van der Waals surface area contributed by atoms with Crippen LogP contribution in [0.5, 0.6) is 0 Å². The highest BCUT2D eigenvalue weighted by atomic mass is 32.1. The summed E-state index contributed by atoms with van der Waals surface area (Å²) in [6.07, 6.45) is 1.55. The van der Waals surface area contributed by atoms with Gasteiger partial charge in [-0.1, -0.05) is 12.1 Å². The van der Waals surface area contributed by atoms with E-state index in [0.717, 1.165) is 4.88 Å². The Kier molecular flexibility index (Phi) is 5.10. The van der Waals surface area contributed by atoms with Gasteiger partial charge in [0.1, 0.15) is 5.76 Å². The number of nitro groups is 1. The zero-order chi connectivity index (χ0) is 17.6. The number of amides is 2. The summed E-state index contributed by atoms with van der Waals surface area (Å²) in [5.74, 6) is 0.658. The van der Waals surface area contributed by atoms with Crippen molar-refractivity contribution in [3.63, 3.8) is 0 Å². The van der Waals surface area contributed by atoms with Crippen molar-refractivity contribution in [2.45, 2.75) is 13.1 Å². The van der Waals surface area contributed by atoms with Gasteiger partial charge in [-0.15, -0.1) is 11.3 Å². The summed E-state index contributed by atoms with van der Waals surface area (Å²) in [4.78, 5) is 25.6. The lowest BCUT2D eigenvalue weighted by atomic mass is 10.3. The number of nitro benzene ring substituents is 1. The number of nitrogens with zero attached hydrogens (tertiary/aromatic N) is 2. The first-order chi connectivity index (χ1) is 12.1. The fourth-order valence-electron chi connectivity index (χ4n) is 2.28. The predicted octanol–water partition coefficient (Wildman–Crippen LogP) is 4.48. The van der Waals surface area contributed by atoms with Crippen molar-refractivity contribution in [2.75, 3.05) is 5.32 Å². The molecule has 1 N–H and O–H groups in total. The minimum absolute atomic E-state index is 0.0753. The van der Waals surface area contributed by atoms with Crippen molar-refractivity contribution >= 4 is 28.7 Å². The smallest absolute Gasteiger partial charge is 0.322 e. The fourth-order valence-corrected chi connectivity index (χ4v) is 3.00. The van der Waals surface area contributed by atoms with Gasteiger partial charge in [-0.25, -0.2) is 4.79 Å². The molecule has 0 bridgehead atoms. The molecule has 0 unspecified atom stereocenters. The molecule has 0 radical (unpaired) electrons. The van der Waals surface area contributed by atoms with Gasteiger partial charge in [-0.05, 0) is 29.6 Å². The van der Waals surface area contributed by atoms with E-state index < -0.39 is 4.92 Å². The largest absolute Gasteiger partial charge is 0.467 e. The monoisotopic (exact) mass is 357 g/mol. The first-order valence-corrected chi connectivity index (χ1v) is 8.35. The molecule has 0 saturated carbocycles. The van der Waals surface area contributed by atoms with Crippen molar-refractivity contribution in [2.24, 2.45) is 0 Å². The van der Waals surface area contributed by atoms with E-state index in [4.69, 9.17) is 4.42 Å². The maximum Gasteiger partial charge on any atom is 0.322 e. The molecule has 2 heterocycles. The molecule has 2 aromatic heterocycles. The van der Waals surface area contributed by atoms with Gasteiger partial charge in [0, 0.05) is 22.7 Å². The number of furan rings is 1. The molecular formula is C17H15N3O4S. The quantitative estimate of drug-likeness (QED) is 0.520. The Morgan fingerprint density at radius 3 is 2.76 bits per heavy atom. The Morgan fingerprint density at radius 2 is 2.08 bits per heavy atom. The lowest BCUT2D eigenvalue weighted by Gasteiger charge is -2.21. The van der Waals surface area contributed by atoms with Gasteiger partial charge in [0.05, 0.1) is 24.3 Å². The minimum atomic E-state index is -0.498. The van der Waals surface area contributed by atoms with Crippen LogP contribution in [0.4, 0.5) is 16.2 Å². The van der Waals surface area contributed by atoms with Gasteiger partial charge in [0.25, 0.3) is 5.69 Å². The number of nitrogens with one attached hydrogen (secondary N) is 1. The van der Waals surface area contributed by atoms with E-state index in [1.54, 1.807) is 40.7 Å². The second kappa shape index (κ2) is 7.63. The molecule has 0 aliphatic rings. The van der Waals surface area contributed by atoms with E-state index in [9.17, 15) is 14.9 Å². The molecule has 2 amide bonds. The number of hydrogen-bond acceptors (Lipinski definition) is 5. The van der Waals surface area contributed by atoms with E-state index >= 15 is 0 Å². The molecule has 0 aliphatic heterocycles. The normalized spacial score (nSPS) is 10.4. The van der Waals surface area contributed by atoms with Crippen LogP contribution in [0.2, 0.25) is 0 Å². The lowest BCUT2D eigenvalue weighted by Crippen LogP contribution is -2.33. The van der Waals surface area contributed by atoms with E-state index in [1.165, 1.54) is 18.2 Å². The van der Waals surface area contributed by atoms with Crippen LogP contribution >= 0.6 is 11.3 Å². The highest BCUT2D eigenvalue weighted by molar-refractivity contribution is 7.09. The third-order valence-electron chi connectivity index (χ3n) is 3.45. The van der Waals surface area contributed by atoms with Gasteiger partial charge < -0.3 is 14.6 Å². The number of hydrogen-bond donors (Lipinski definition) is 1. The summed E-state index contributed by atoms with van der Waals surface area (Å²) in [7, 11) is 0. The summed E-state index contributed by atoms with van der Waals surface area (Å²) in [5.41, 5.74) is 0.295. The van der Waals surface area contributed by atoms with Gasteiger partial charge >= 0.3 is 6.03 Å². The number of thiophene rings is 1. The van der Waals surface area contributed by atoms with Crippen LogP contribution in [0.15, 0.2) is 64.6 Å². The average molecular weight is 357 g/mol. The molecular weight excluding hydrogens is 342 g/mol. The number of urea groups is 1. The minimum Gasteiger partial charge on any atom is -0.467 e. The van der Waals surface area contributed by atoms with Crippen molar-refractivity contribution < 1.29 is 14.1 Å². The maximum atomic E-state index is 12.7. The Balaban J connectivity index is 1.76. The first-order valence-electron chi connectivity index (χ1n) is 7.47. The molecule has 0 aliphatic carbocycles. The number of benzene rings is 1. The lowest BCUT2D eigenvalue weighted by molar-refractivity contribution is -0.384. The average Bonchev–Trinajstić information content (AvgIpc) is 3.28. The Bertz CT molecular complexity index is 810. The predicted molar refractivity (Wildman–Crippen MR) is 94.4 cm³/mol. The van der Waals surface area contributed by atoms with Crippen LogP contribution in [0, 0.1) is 10.1 Å². The van der Waals surface area contributed by atoms with Crippen LogP contribution in [0.3, 0.4) is 0 Å². The maximum absolute atomic E-state index is 12.7. The number of rotatable bonds is 6. The second-order valence-electron chi connectivity index (χ2n) is 5.25. The zero-order valence-corrected chi connectivity index (χ0v) is 13.9. The Hall–Kier alpha value is -3.13. The molecule has 128 valence electrons. The van der Waals surface area contributed by atoms with Gasteiger partial charge in [-0.3, -0.25) is 10.1 Å². The van der Waals surface area contributed by atoms with Gasteiger partial charge in [0.2, 0.25) is 0 Å². The Labute approximate surface area is 147 Å². The molecule has 25 heavy (non-hydrogen) atoms. The van der Waals surface area contributed by atoms with Crippen LogP contribution in [0.1, 0.15) is 10.6 Å². The first kappa shape index (κ1) is 16.7. The highest BCUT2D eigenvalue weighted by Crippen LogP contribution is 2.19. The fraction of sp³-hybridized carbons (Fsp3) is 0.118. The summed E-state index contributed by atoms with van der Waals surface area (Å²) < 4.78 is 5.33. The number of carbonyl (C=O) groups is 1. The standard InChI is InChI=1S/C17H15N3O4S/c21-17(18-13-4-1-5-14(10-13)20(22)23)19(11-15-6-2-8-24-15)12-16-7-3-9-25-16/h1-10H,11-12H2,(H,18,21). The SMILES string of the molecule is O=C(Nc1cccc([N+](=O)[O-])c1)N(Cc1ccco1)Cc1cccs1. The molecule has 0 spiro atoms. The summed E-state index contributed by atoms with van der Waals surface area (Å²) in [6.45, 7) is 0.713. The third kappa shape index (κ3) is 4.45. The van der Waals surface area contributed by atoms with E-state index in [2.05, 4.69) is 5.32 Å². The second-order valence-corrected chi connectivity index (χ2v) is 6.28. The molecule has 0 saturated heterocycles. The van der Waals surface area contributed by atoms with Crippen molar-refractivity contribution in [1.82, 2.24) is 4.90 Å². The molecule has 7 nitrogen and oxygen atoms in total. The molecule has 3 rings (SSSR count). The van der Waals surface area contributed by atoms with Crippen LogP contribution < -0.4 is 5.32 Å². The molecule has 0 atom stereocenters. The van der Waals surface area contributed by atoms with Crippen molar-refractivity contribution in [3.8, 4) is 0 Å². The number of anilines is 1. The number of carbonyl (C=O) groups excluding carboxylic acids is 1. The molecule has 1 aromatic carbocycles. The van der Waals surface area contributed by atoms with Crippen LogP contribution in [-0.2, 0) is 13.1 Å². The summed E-state index contributed by atoms with van der Waals surface area (Å²) >= 11 is 1.55. The number of non-ortho nitro benzene ring substituents is 1. The van der Waals surface area contributed by atoms with Gasteiger partial charge in [-0.2, -0.15) is 0 Å². The van der Waals surface area contributed by atoms with E-state index in [0.29, 0.717) is 24.5 Å². The van der Waals surface area contributed by atoms with Crippen LogP contribution in [-0.4, -0.2) is 15.9 Å². The Morgan fingerprint density at radius 1 is 1.20 bits per heavy atom. The van der Waals surface area contributed by atoms with Crippen molar-refractivity contribution in [3.05, 3.63) is 80.9 Å². The highest BCUT2D eigenvalue weighted by Gasteiger charge is 2.17. The molecule has 3 aromatic rings.